The monoisotopic (exact) mass is 468 g/mol. The van der Waals surface area contributed by atoms with Crippen LogP contribution in [0.2, 0.25) is 0 Å². The number of thiocarbonyl (C=S) groups is 1. The quantitative estimate of drug-likeness (QED) is 0.497. The molecule has 25 heavy (non-hydrogen) atoms. The van der Waals surface area contributed by atoms with Crippen molar-refractivity contribution in [3.05, 3.63) is 57.2 Å². The van der Waals surface area contributed by atoms with Crippen molar-refractivity contribution >= 4 is 51.5 Å². The van der Waals surface area contributed by atoms with Gasteiger partial charge in [0.25, 0.3) is 5.91 Å². The lowest BCUT2D eigenvalue weighted by molar-refractivity contribution is -0.121. The van der Waals surface area contributed by atoms with Crippen molar-refractivity contribution in [3.63, 3.8) is 0 Å². The average Bonchev–Trinajstić information content (AvgIpc) is 2.55. The molecule has 6 heteroatoms. The number of rotatable bonds is 5. The van der Waals surface area contributed by atoms with E-state index < -0.39 is 0 Å². The Hall–Kier alpha value is -1.67. The lowest BCUT2D eigenvalue weighted by Crippen LogP contribution is -2.37. The zero-order chi connectivity index (χ0) is 18.4. The highest BCUT2D eigenvalue weighted by Gasteiger charge is 2.10. The second-order valence-electron chi connectivity index (χ2n) is 5.94. The summed E-state index contributed by atoms with van der Waals surface area (Å²) >= 11 is 7.45. The van der Waals surface area contributed by atoms with Gasteiger partial charge in [-0.3, -0.25) is 10.1 Å². The maximum absolute atomic E-state index is 12.1. The summed E-state index contributed by atoms with van der Waals surface area (Å²) in [5.74, 6) is 0.755. The molecule has 2 aromatic carbocycles. The molecule has 0 radical (unpaired) electrons. The maximum Gasteiger partial charge on any atom is 0.264 e. The second kappa shape index (κ2) is 9.15. The van der Waals surface area contributed by atoms with E-state index in [1.165, 1.54) is 0 Å². The van der Waals surface area contributed by atoms with E-state index in [1.807, 2.05) is 49.4 Å². The molecule has 4 nitrogen and oxygen atoms in total. The topological polar surface area (TPSA) is 50.4 Å². The van der Waals surface area contributed by atoms with Crippen LogP contribution in [-0.4, -0.2) is 17.6 Å². The van der Waals surface area contributed by atoms with E-state index in [2.05, 4.69) is 47.1 Å². The molecule has 0 atom stereocenters. The minimum absolute atomic E-state index is 0.0861. The number of amides is 1. The Bertz CT molecular complexity index is 778. The Kier molecular flexibility index (Phi) is 7.19. The fourth-order valence-corrected chi connectivity index (χ4v) is 3.19. The zero-order valence-electron chi connectivity index (χ0n) is 14.4. The number of benzene rings is 2. The molecule has 1 amide bonds. The highest BCUT2D eigenvalue weighted by molar-refractivity contribution is 14.1. The molecule has 0 spiro atoms. The molecule has 0 saturated carbocycles. The van der Waals surface area contributed by atoms with Crippen molar-refractivity contribution < 1.29 is 9.53 Å². The van der Waals surface area contributed by atoms with Crippen LogP contribution in [0.4, 0.5) is 5.69 Å². The number of carbonyl (C=O) groups is 1. The normalized spacial score (nSPS) is 10.4. The summed E-state index contributed by atoms with van der Waals surface area (Å²) in [6.45, 7) is 6.08. The van der Waals surface area contributed by atoms with E-state index in [-0.39, 0.29) is 17.6 Å². The van der Waals surface area contributed by atoms with Crippen LogP contribution < -0.4 is 15.4 Å². The minimum Gasteiger partial charge on any atom is -0.483 e. The van der Waals surface area contributed by atoms with Crippen molar-refractivity contribution in [3.8, 4) is 5.75 Å². The molecular weight excluding hydrogens is 447 g/mol. The summed E-state index contributed by atoms with van der Waals surface area (Å²) in [4.78, 5) is 12.1. The molecule has 0 aromatic heterocycles. The maximum atomic E-state index is 12.1. The predicted octanol–water partition coefficient (Wildman–Crippen LogP) is 4.62. The second-order valence-corrected chi connectivity index (χ2v) is 7.60. The van der Waals surface area contributed by atoms with Crippen LogP contribution in [0.15, 0.2) is 42.5 Å². The molecule has 2 rings (SSSR count). The summed E-state index contributed by atoms with van der Waals surface area (Å²) in [5, 5.41) is 5.94. The van der Waals surface area contributed by atoms with Gasteiger partial charge in [0.2, 0.25) is 0 Å². The zero-order valence-corrected chi connectivity index (χ0v) is 17.4. The van der Waals surface area contributed by atoms with E-state index in [0.717, 1.165) is 26.1 Å². The molecule has 0 aliphatic carbocycles. The fraction of sp³-hybridized carbons (Fsp3) is 0.263. The van der Waals surface area contributed by atoms with Crippen LogP contribution in [0.3, 0.4) is 0 Å². The van der Waals surface area contributed by atoms with Gasteiger partial charge in [0.15, 0.2) is 11.7 Å². The largest absolute Gasteiger partial charge is 0.483 e. The van der Waals surface area contributed by atoms with Gasteiger partial charge in [0.1, 0.15) is 5.75 Å². The Balaban J connectivity index is 1.89. The lowest BCUT2D eigenvalue weighted by atomic mass is 10.0. The number of anilines is 1. The number of hydrogen-bond donors (Lipinski definition) is 2. The van der Waals surface area contributed by atoms with Crippen molar-refractivity contribution in [1.29, 1.82) is 0 Å². The van der Waals surface area contributed by atoms with Gasteiger partial charge in [-0.15, -0.1) is 0 Å². The van der Waals surface area contributed by atoms with E-state index in [9.17, 15) is 4.79 Å². The summed E-state index contributed by atoms with van der Waals surface area (Å²) < 4.78 is 6.80. The highest BCUT2D eigenvalue weighted by atomic mass is 127. The van der Waals surface area contributed by atoms with Crippen LogP contribution in [0, 0.1) is 10.5 Å². The highest BCUT2D eigenvalue weighted by Crippen LogP contribution is 2.25. The molecule has 132 valence electrons. The van der Waals surface area contributed by atoms with Gasteiger partial charge in [0.05, 0.1) is 0 Å². The molecule has 2 N–H and O–H groups in total. The van der Waals surface area contributed by atoms with Crippen LogP contribution in [-0.2, 0) is 4.79 Å². The average molecular weight is 468 g/mol. The summed E-state index contributed by atoms with van der Waals surface area (Å²) in [6, 6.07) is 13.7. The van der Waals surface area contributed by atoms with E-state index in [4.69, 9.17) is 17.0 Å². The first-order valence-electron chi connectivity index (χ1n) is 7.95. The number of halogens is 1. The molecule has 0 heterocycles. The smallest absolute Gasteiger partial charge is 0.264 e. The van der Waals surface area contributed by atoms with Crippen molar-refractivity contribution in [2.75, 3.05) is 11.9 Å². The molecule has 0 saturated heterocycles. The number of carbonyl (C=O) groups excluding carboxylic acids is 1. The Labute approximate surface area is 167 Å². The molecule has 0 bridgehead atoms. The van der Waals surface area contributed by atoms with E-state index in [1.54, 1.807) is 0 Å². The first kappa shape index (κ1) is 19.7. The third-order valence-electron chi connectivity index (χ3n) is 3.59. The van der Waals surface area contributed by atoms with Crippen molar-refractivity contribution in [2.45, 2.75) is 26.7 Å². The van der Waals surface area contributed by atoms with Crippen molar-refractivity contribution in [2.24, 2.45) is 0 Å². The molecule has 0 aliphatic rings. The first-order valence-corrected chi connectivity index (χ1v) is 9.44. The summed E-state index contributed by atoms with van der Waals surface area (Å²) in [5.41, 5.74) is 3.01. The predicted molar refractivity (Wildman–Crippen MR) is 114 cm³/mol. The number of hydrogen-bond acceptors (Lipinski definition) is 3. The molecule has 2 aromatic rings. The molecule has 0 aliphatic heterocycles. The van der Waals surface area contributed by atoms with Gasteiger partial charge in [-0.1, -0.05) is 32.0 Å². The summed E-state index contributed by atoms with van der Waals surface area (Å²) in [7, 11) is 0. The Morgan fingerprint density at radius 3 is 2.64 bits per heavy atom. The van der Waals surface area contributed by atoms with Gasteiger partial charge < -0.3 is 10.1 Å². The van der Waals surface area contributed by atoms with Gasteiger partial charge >= 0.3 is 0 Å². The first-order chi connectivity index (χ1) is 11.9. The summed E-state index contributed by atoms with van der Waals surface area (Å²) in [6.07, 6.45) is 0. The van der Waals surface area contributed by atoms with Gasteiger partial charge in [-0.2, -0.15) is 0 Å². The van der Waals surface area contributed by atoms with Gasteiger partial charge in [-0.25, -0.2) is 0 Å². The van der Waals surface area contributed by atoms with Crippen LogP contribution in [0.5, 0.6) is 5.75 Å². The number of para-hydroxylation sites is 1. The van der Waals surface area contributed by atoms with E-state index >= 15 is 0 Å². The third-order valence-corrected chi connectivity index (χ3v) is 4.46. The Morgan fingerprint density at radius 1 is 1.24 bits per heavy atom. The number of nitrogens with one attached hydrogen (secondary N) is 2. The van der Waals surface area contributed by atoms with Crippen LogP contribution in [0.25, 0.3) is 0 Å². The SMILES string of the molecule is Cc1cc(I)ccc1NC(=S)NC(=O)COc1ccccc1C(C)C. The minimum atomic E-state index is -0.292. The molecule has 0 unspecified atom stereocenters. The van der Waals surface area contributed by atoms with Gasteiger partial charge in [-0.05, 0) is 83.0 Å². The van der Waals surface area contributed by atoms with Gasteiger partial charge in [0, 0.05) is 9.26 Å². The van der Waals surface area contributed by atoms with Crippen LogP contribution >= 0.6 is 34.8 Å². The van der Waals surface area contributed by atoms with Crippen molar-refractivity contribution in [1.82, 2.24) is 5.32 Å². The standard InChI is InChI=1S/C19H21IN2O2S/c1-12(2)15-6-4-5-7-17(15)24-11-18(23)22-19(25)21-16-9-8-14(20)10-13(16)3/h4-10,12H,11H2,1-3H3,(H2,21,22,23,25). The number of ether oxygens (including phenoxy) is 1. The van der Waals surface area contributed by atoms with Crippen LogP contribution in [0.1, 0.15) is 30.9 Å². The molecule has 0 fully saturated rings. The number of aryl methyl sites for hydroxylation is 1. The third kappa shape index (κ3) is 5.97. The molecular formula is C19H21IN2O2S. The fourth-order valence-electron chi connectivity index (χ4n) is 2.32. The lowest BCUT2D eigenvalue weighted by Gasteiger charge is -2.15. The Morgan fingerprint density at radius 2 is 1.96 bits per heavy atom. The van der Waals surface area contributed by atoms with E-state index in [0.29, 0.717) is 5.92 Å².